The number of aromatic nitrogens is 5. The first-order valence-corrected chi connectivity index (χ1v) is 9.40. The standard InChI is InChI=1S/C19H24N6O2/c1-3-25-11-13(8-22-25)15-10-21-17-16(24-15)14(9-20-17)18(26)23-12(2)19(27)6-4-5-7-19/h8-12,27H,3-7H2,1-2H3,(H,20,21)(H,23,26). The summed E-state index contributed by atoms with van der Waals surface area (Å²) in [5, 5.41) is 17.9. The predicted octanol–water partition coefficient (Wildman–Crippen LogP) is 2.26. The van der Waals surface area contributed by atoms with Crippen LogP contribution >= 0.6 is 0 Å². The minimum absolute atomic E-state index is 0.259. The van der Waals surface area contributed by atoms with Gasteiger partial charge >= 0.3 is 0 Å². The Kier molecular flexibility index (Phi) is 4.43. The summed E-state index contributed by atoms with van der Waals surface area (Å²) in [7, 11) is 0. The Morgan fingerprint density at radius 3 is 2.89 bits per heavy atom. The molecule has 0 spiro atoms. The number of amides is 1. The normalized spacial score (nSPS) is 17.3. The van der Waals surface area contributed by atoms with Gasteiger partial charge in [-0.05, 0) is 26.7 Å². The van der Waals surface area contributed by atoms with E-state index >= 15 is 0 Å². The minimum atomic E-state index is -0.826. The minimum Gasteiger partial charge on any atom is -0.388 e. The lowest BCUT2D eigenvalue weighted by atomic mass is 9.93. The molecule has 1 saturated carbocycles. The average Bonchev–Trinajstić information content (AvgIpc) is 3.40. The smallest absolute Gasteiger partial charge is 0.255 e. The topological polar surface area (TPSA) is 109 Å². The van der Waals surface area contributed by atoms with Crippen LogP contribution in [0.3, 0.4) is 0 Å². The first-order chi connectivity index (χ1) is 13.0. The van der Waals surface area contributed by atoms with E-state index in [9.17, 15) is 9.90 Å². The molecule has 0 radical (unpaired) electrons. The highest BCUT2D eigenvalue weighted by atomic mass is 16.3. The summed E-state index contributed by atoms with van der Waals surface area (Å²) in [6, 6.07) is -0.323. The number of hydrogen-bond donors (Lipinski definition) is 3. The number of H-pyrrole nitrogens is 1. The fourth-order valence-corrected chi connectivity index (χ4v) is 3.70. The van der Waals surface area contributed by atoms with Gasteiger partial charge in [-0.3, -0.25) is 9.48 Å². The van der Waals surface area contributed by atoms with Gasteiger partial charge in [0.25, 0.3) is 5.91 Å². The first kappa shape index (κ1) is 17.7. The Labute approximate surface area is 157 Å². The van der Waals surface area contributed by atoms with E-state index in [4.69, 9.17) is 0 Å². The van der Waals surface area contributed by atoms with Gasteiger partial charge < -0.3 is 15.4 Å². The van der Waals surface area contributed by atoms with Crippen molar-refractivity contribution in [1.29, 1.82) is 0 Å². The molecule has 8 nitrogen and oxygen atoms in total. The number of nitrogens with one attached hydrogen (secondary N) is 2. The molecule has 27 heavy (non-hydrogen) atoms. The van der Waals surface area contributed by atoms with Crippen molar-refractivity contribution in [3.63, 3.8) is 0 Å². The number of carbonyl (C=O) groups is 1. The molecular weight excluding hydrogens is 344 g/mol. The molecule has 0 saturated heterocycles. The summed E-state index contributed by atoms with van der Waals surface area (Å²) in [4.78, 5) is 24.8. The Balaban J connectivity index is 1.61. The molecule has 0 aromatic carbocycles. The average molecular weight is 368 g/mol. The molecule has 3 aromatic rings. The summed E-state index contributed by atoms with van der Waals surface area (Å²) in [6.45, 7) is 4.64. The SMILES string of the molecule is CCn1cc(-c2cnc3[nH]cc(C(=O)NC(C)C4(O)CCCC4)c3n2)cn1. The summed E-state index contributed by atoms with van der Waals surface area (Å²) in [5.74, 6) is -0.259. The molecule has 8 heteroatoms. The van der Waals surface area contributed by atoms with Crippen molar-refractivity contribution >= 4 is 17.1 Å². The zero-order valence-electron chi connectivity index (χ0n) is 15.6. The van der Waals surface area contributed by atoms with Crippen LogP contribution in [0.1, 0.15) is 49.9 Å². The van der Waals surface area contributed by atoms with Crippen molar-refractivity contribution in [3.8, 4) is 11.3 Å². The van der Waals surface area contributed by atoms with Gasteiger partial charge in [-0.15, -0.1) is 0 Å². The van der Waals surface area contributed by atoms with E-state index in [1.165, 1.54) is 0 Å². The van der Waals surface area contributed by atoms with Gasteiger partial charge in [0.15, 0.2) is 5.65 Å². The second-order valence-electron chi connectivity index (χ2n) is 7.25. The quantitative estimate of drug-likeness (QED) is 0.640. The zero-order valence-corrected chi connectivity index (χ0v) is 15.6. The maximum absolute atomic E-state index is 12.8. The van der Waals surface area contributed by atoms with Gasteiger partial charge in [0.1, 0.15) is 5.52 Å². The van der Waals surface area contributed by atoms with E-state index in [0.717, 1.165) is 24.9 Å². The zero-order chi connectivity index (χ0) is 19.0. The van der Waals surface area contributed by atoms with Crippen LogP contribution in [0.2, 0.25) is 0 Å². The third-order valence-electron chi connectivity index (χ3n) is 5.50. The van der Waals surface area contributed by atoms with E-state index in [1.54, 1.807) is 18.6 Å². The molecule has 3 aromatic heterocycles. The van der Waals surface area contributed by atoms with E-state index in [0.29, 0.717) is 35.3 Å². The number of hydrogen-bond acceptors (Lipinski definition) is 5. The number of aliphatic hydroxyl groups is 1. The summed E-state index contributed by atoms with van der Waals surface area (Å²) in [6.07, 6.45) is 10.3. The predicted molar refractivity (Wildman–Crippen MR) is 101 cm³/mol. The van der Waals surface area contributed by atoms with Crippen molar-refractivity contribution in [3.05, 3.63) is 30.4 Å². The van der Waals surface area contributed by atoms with Gasteiger partial charge in [0.2, 0.25) is 0 Å². The summed E-state index contributed by atoms with van der Waals surface area (Å²) in [5.41, 5.74) is 2.19. The van der Waals surface area contributed by atoms with Crippen molar-refractivity contribution in [2.75, 3.05) is 0 Å². The molecule has 1 aliphatic rings. The van der Waals surface area contributed by atoms with Gasteiger partial charge in [-0.25, -0.2) is 9.97 Å². The van der Waals surface area contributed by atoms with Crippen LogP contribution in [0, 0.1) is 0 Å². The molecule has 4 rings (SSSR count). The molecule has 1 unspecified atom stereocenters. The molecular formula is C19H24N6O2. The lowest BCUT2D eigenvalue weighted by molar-refractivity contribution is 0.0140. The van der Waals surface area contributed by atoms with Crippen LogP contribution in [0.15, 0.2) is 24.8 Å². The molecule has 142 valence electrons. The number of fused-ring (bicyclic) bond motifs is 1. The van der Waals surface area contributed by atoms with Crippen molar-refractivity contribution in [1.82, 2.24) is 30.0 Å². The van der Waals surface area contributed by atoms with Crippen molar-refractivity contribution in [2.45, 2.75) is 57.7 Å². The molecule has 1 atom stereocenters. The van der Waals surface area contributed by atoms with E-state index in [1.807, 2.05) is 24.7 Å². The fourth-order valence-electron chi connectivity index (χ4n) is 3.70. The Bertz CT molecular complexity index is 970. The van der Waals surface area contributed by atoms with Crippen LogP contribution in [0.4, 0.5) is 0 Å². The summed E-state index contributed by atoms with van der Waals surface area (Å²) < 4.78 is 1.82. The van der Waals surface area contributed by atoms with Crippen LogP contribution in [-0.2, 0) is 6.54 Å². The van der Waals surface area contributed by atoms with Crippen LogP contribution in [0.25, 0.3) is 22.4 Å². The van der Waals surface area contributed by atoms with Gasteiger partial charge in [-0.2, -0.15) is 5.10 Å². The van der Waals surface area contributed by atoms with E-state index < -0.39 is 5.60 Å². The monoisotopic (exact) mass is 368 g/mol. The number of aryl methyl sites for hydroxylation is 1. The third-order valence-corrected chi connectivity index (χ3v) is 5.50. The largest absolute Gasteiger partial charge is 0.388 e. The summed E-state index contributed by atoms with van der Waals surface area (Å²) >= 11 is 0. The van der Waals surface area contributed by atoms with Crippen LogP contribution in [-0.4, -0.2) is 47.4 Å². The van der Waals surface area contributed by atoms with Crippen molar-refractivity contribution in [2.24, 2.45) is 0 Å². The highest BCUT2D eigenvalue weighted by molar-refractivity contribution is 6.04. The molecule has 1 aliphatic carbocycles. The Morgan fingerprint density at radius 1 is 1.41 bits per heavy atom. The lowest BCUT2D eigenvalue weighted by Crippen LogP contribution is -2.49. The second kappa shape index (κ2) is 6.77. The maximum atomic E-state index is 12.8. The highest BCUT2D eigenvalue weighted by Crippen LogP contribution is 2.32. The van der Waals surface area contributed by atoms with Gasteiger partial charge in [-0.1, -0.05) is 12.8 Å². The molecule has 3 N–H and O–H groups in total. The van der Waals surface area contributed by atoms with E-state index in [-0.39, 0.29) is 11.9 Å². The van der Waals surface area contributed by atoms with E-state index in [2.05, 4.69) is 25.4 Å². The van der Waals surface area contributed by atoms with Crippen LogP contribution in [0.5, 0.6) is 0 Å². The number of rotatable bonds is 5. The van der Waals surface area contributed by atoms with Gasteiger partial charge in [0, 0.05) is 24.5 Å². The third kappa shape index (κ3) is 3.21. The number of nitrogens with zero attached hydrogens (tertiary/aromatic N) is 4. The molecule has 0 aliphatic heterocycles. The Hall–Kier alpha value is -2.74. The number of aromatic amines is 1. The van der Waals surface area contributed by atoms with Gasteiger partial charge in [0.05, 0.1) is 35.3 Å². The first-order valence-electron chi connectivity index (χ1n) is 9.40. The lowest BCUT2D eigenvalue weighted by Gasteiger charge is -2.30. The molecule has 1 amide bonds. The van der Waals surface area contributed by atoms with Crippen molar-refractivity contribution < 1.29 is 9.90 Å². The Morgan fingerprint density at radius 2 is 2.19 bits per heavy atom. The molecule has 3 heterocycles. The number of carbonyl (C=O) groups excluding carboxylic acids is 1. The molecule has 0 bridgehead atoms. The highest BCUT2D eigenvalue weighted by Gasteiger charge is 2.37. The second-order valence-corrected chi connectivity index (χ2v) is 7.25. The molecule has 1 fully saturated rings. The van der Waals surface area contributed by atoms with Crippen LogP contribution < -0.4 is 5.32 Å². The maximum Gasteiger partial charge on any atom is 0.255 e. The fraction of sp³-hybridized carbons (Fsp3) is 0.474.